The summed E-state index contributed by atoms with van der Waals surface area (Å²) in [4.78, 5) is 22.6. The average molecular weight is 659 g/mol. The van der Waals surface area contributed by atoms with Crippen LogP contribution in [0.1, 0.15) is 33.7 Å². The van der Waals surface area contributed by atoms with Crippen LogP contribution in [0, 0.1) is 42.5 Å². The van der Waals surface area contributed by atoms with Crippen molar-refractivity contribution >= 4 is 21.6 Å². The smallest absolute Gasteiger partial charge is 0.493 e. The van der Waals surface area contributed by atoms with Gasteiger partial charge in [0.2, 0.25) is 11.7 Å². The predicted molar refractivity (Wildman–Crippen MR) is 126 cm³/mol. The second kappa shape index (κ2) is 11.6. The molecule has 1 amide bonds. The number of sulfonamides is 1. The molecule has 0 aliphatic carbocycles. The van der Waals surface area contributed by atoms with Gasteiger partial charge in [0.25, 0.3) is 5.91 Å². The number of halogens is 3. The maximum atomic E-state index is 13.7. The van der Waals surface area contributed by atoms with Gasteiger partial charge < -0.3 is 10.0 Å². The molecule has 1 atom stereocenters. The fourth-order valence-corrected chi connectivity index (χ4v) is 5.20. The van der Waals surface area contributed by atoms with Gasteiger partial charge in [-0.25, -0.2) is 13.4 Å². The van der Waals surface area contributed by atoms with Crippen LogP contribution in [0.25, 0.3) is 0 Å². The van der Waals surface area contributed by atoms with Gasteiger partial charge in [0.05, 0.1) is 6.04 Å². The van der Waals surface area contributed by atoms with Crippen molar-refractivity contribution in [1.29, 1.82) is 0 Å². The monoisotopic (exact) mass is 659 g/mol. The first-order valence-corrected chi connectivity index (χ1v) is 12.5. The van der Waals surface area contributed by atoms with Gasteiger partial charge in [0.15, 0.2) is 0 Å². The zero-order valence-corrected chi connectivity index (χ0v) is 24.2. The summed E-state index contributed by atoms with van der Waals surface area (Å²) in [5, 5.41) is 9.78. The summed E-state index contributed by atoms with van der Waals surface area (Å²) < 4.78 is 66.3. The molecule has 1 aromatic heterocycles. The third-order valence-corrected chi connectivity index (χ3v) is 7.59. The number of rotatable bonds is 5. The quantitative estimate of drug-likeness (QED) is 0.447. The fourth-order valence-electron chi connectivity index (χ4n) is 4.24. The van der Waals surface area contributed by atoms with Crippen LogP contribution in [-0.4, -0.2) is 51.8 Å². The minimum absolute atomic E-state index is 0. The first-order chi connectivity index (χ1) is 17.0. The number of carbonyl (C=O) groups excluding carboxylic acids is 1. The van der Waals surface area contributed by atoms with E-state index in [4.69, 9.17) is 0 Å². The molecule has 2 aromatic carbocycles. The molecular weight excluding hydrogens is 636 g/mol. The van der Waals surface area contributed by atoms with Crippen LogP contribution in [0.15, 0.2) is 60.8 Å². The molecule has 1 radical (unpaired) electrons. The van der Waals surface area contributed by atoms with E-state index < -0.39 is 46.5 Å². The largest absolute Gasteiger partial charge is 0.511 e. The summed E-state index contributed by atoms with van der Waals surface area (Å²) in [5.41, 5.74) is -3.58. The van der Waals surface area contributed by atoms with Crippen molar-refractivity contribution in [3.8, 4) is 5.88 Å². The van der Waals surface area contributed by atoms with Gasteiger partial charge in [-0.2, -0.15) is 22.5 Å². The van der Waals surface area contributed by atoms with Crippen LogP contribution in [0.3, 0.4) is 0 Å². The molecule has 1 unspecified atom stereocenters. The molecule has 0 bridgehead atoms. The number of alkyl halides is 3. The summed E-state index contributed by atoms with van der Waals surface area (Å²) in [6.45, 7) is 0.485. The first-order valence-electron chi connectivity index (χ1n) is 11.0. The van der Waals surface area contributed by atoms with Crippen LogP contribution in [0.4, 0.5) is 18.9 Å². The second-order valence-electron chi connectivity index (χ2n) is 8.41. The number of aryl methyl sites for hydroxylation is 2. The number of hydrogen-bond donors (Lipinski definition) is 1. The van der Waals surface area contributed by atoms with Gasteiger partial charge in [-0.3, -0.25) is 4.79 Å². The number of nitrogens with zero attached hydrogens (tertiary/aromatic N) is 4. The molecule has 1 aliphatic rings. The third-order valence-electron chi connectivity index (χ3n) is 6.05. The van der Waals surface area contributed by atoms with Crippen LogP contribution < -0.4 is 4.90 Å². The van der Waals surface area contributed by atoms with Crippen LogP contribution in [0.5, 0.6) is 5.88 Å². The number of benzene rings is 2. The van der Waals surface area contributed by atoms with E-state index in [1.54, 1.807) is 25.1 Å². The van der Waals surface area contributed by atoms with E-state index in [1.807, 2.05) is 30.3 Å². The Hall–Kier alpha value is -2.32. The van der Waals surface area contributed by atoms with Crippen molar-refractivity contribution in [2.75, 3.05) is 11.4 Å². The van der Waals surface area contributed by atoms with Crippen molar-refractivity contribution < 1.29 is 67.1 Å². The zero-order valence-electron chi connectivity index (χ0n) is 19.8. The van der Waals surface area contributed by atoms with Gasteiger partial charge in [-0.15, -0.1) is 0 Å². The summed E-state index contributed by atoms with van der Waals surface area (Å²) >= 11 is 0. The van der Waals surface area contributed by atoms with E-state index in [9.17, 15) is 31.5 Å². The number of fused-ring (bicyclic) bond motifs is 1. The minimum Gasteiger partial charge on any atom is -0.493 e. The average Bonchev–Trinajstić information content (AvgIpc) is 3.00. The topological polar surface area (TPSA) is 104 Å². The van der Waals surface area contributed by atoms with E-state index in [0.29, 0.717) is 16.3 Å². The molecule has 8 nitrogen and oxygen atoms in total. The molecule has 0 saturated carbocycles. The SMILES string of the molecule is Cc1cccc2c1CN(S(=O)(=O)C(F)(F)F)CC(CCc1ccccc1)N2C(=O)c1nccc(O)n1.[La]. The van der Waals surface area contributed by atoms with Crippen LogP contribution in [0.2, 0.25) is 0 Å². The van der Waals surface area contributed by atoms with E-state index in [0.717, 1.165) is 5.56 Å². The first kappa shape index (κ1) is 29.2. The Kier molecular flexibility index (Phi) is 9.17. The Morgan fingerprint density at radius 2 is 1.81 bits per heavy atom. The molecule has 0 fully saturated rings. The molecule has 193 valence electrons. The number of amides is 1. The molecule has 3 aromatic rings. The Balaban J connectivity index is 0.00000380. The van der Waals surface area contributed by atoms with Crippen LogP contribution >= 0.6 is 0 Å². The number of carbonyl (C=O) groups is 1. The van der Waals surface area contributed by atoms with E-state index in [2.05, 4.69) is 9.97 Å². The standard InChI is InChI=1S/C24H23F3N4O4S.La/c1-16-6-5-9-20-19(16)15-30(36(34,35)24(25,26)27)14-18(11-10-17-7-3-2-4-8-17)31(20)23(33)22-28-13-12-21(32)29-22;/h2-9,12-13,18H,10-11,14-15H2,1H3,(H,28,29,32);. The molecule has 0 spiro atoms. The Morgan fingerprint density at radius 3 is 2.46 bits per heavy atom. The van der Waals surface area contributed by atoms with Crippen molar-refractivity contribution in [2.24, 2.45) is 0 Å². The number of aromatic hydroxyl groups is 1. The maximum Gasteiger partial charge on any atom is 0.511 e. The predicted octanol–water partition coefficient (Wildman–Crippen LogP) is 3.80. The summed E-state index contributed by atoms with van der Waals surface area (Å²) in [6, 6.07) is 14.1. The van der Waals surface area contributed by atoms with Crippen molar-refractivity contribution in [2.45, 2.75) is 37.9 Å². The van der Waals surface area contributed by atoms with E-state index in [1.165, 1.54) is 17.2 Å². The van der Waals surface area contributed by atoms with Gasteiger partial charge >= 0.3 is 15.5 Å². The Bertz CT molecular complexity index is 1370. The Morgan fingerprint density at radius 1 is 1.11 bits per heavy atom. The molecule has 37 heavy (non-hydrogen) atoms. The molecule has 1 N–H and O–H groups in total. The molecule has 0 saturated heterocycles. The van der Waals surface area contributed by atoms with Crippen LogP contribution in [-0.2, 0) is 23.0 Å². The molecule has 13 heteroatoms. The van der Waals surface area contributed by atoms with Gasteiger partial charge in [0.1, 0.15) is 0 Å². The zero-order chi connectivity index (χ0) is 26.1. The van der Waals surface area contributed by atoms with Gasteiger partial charge in [0, 0.05) is 66.6 Å². The normalized spacial score (nSPS) is 16.4. The van der Waals surface area contributed by atoms with E-state index >= 15 is 0 Å². The summed E-state index contributed by atoms with van der Waals surface area (Å²) in [5.74, 6) is -1.57. The summed E-state index contributed by atoms with van der Waals surface area (Å²) in [7, 11) is -5.69. The van der Waals surface area contributed by atoms with Crippen molar-refractivity contribution in [3.63, 3.8) is 0 Å². The minimum atomic E-state index is -5.69. The third kappa shape index (κ3) is 6.23. The molecule has 2 heterocycles. The number of aromatic nitrogens is 2. The molecular formula is C24H23F3LaN4O4S. The van der Waals surface area contributed by atoms with Gasteiger partial charge in [-0.1, -0.05) is 42.5 Å². The Labute approximate surface area is 240 Å². The van der Waals surface area contributed by atoms with Crippen molar-refractivity contribution in [1.82, 2.24) is 14.3 Å². The maximum absolute atomic E-state index is 13.7. The van der Waals surface area contributed by atoms with E-state index in [-0.39, 0.29) is 59.1 Å². The number of anilines is 1. The fraction of sp³-hybridized carbons (Fsp3) is 0.292. The molecule has 1 aliphatic heterocycles. The number of hydrogen-bond acceptors (Lipinski definition) is 6. The molecule has 4 rings (SSSR count). The van der Waals surface area contributed by atoms with Crippen molar-refractivity contribution in [3.05, 3.63) is 83.3 Å². The second-order valence-corrected chi connectivity index (χ2v) is 10.3. The van der Waals surface area contributed by atoms with Gasteiger partial charge in [-0.05, 0) is 42.5 Å². The summed E-state index contributed by atoms with van der Waals surface area (Å²) in [6.07, 6.45) is 1.72.